The van der Waals surface area contributed by atoms with E-state index in [0.29, 0.717) is 12.3 Å². The van der Waals surface area contributed by atoms with E-state index in [9.17, 15) is 13.0 Å². The molecule has 1 aromatic carbocycles. The highest BCUT2D eigenvalue weighted by molar-refractivity contribution is 7.85. The number of benzene rings is 1. The van der Waals surface area contributed by atoms with Crippen molar-refractivity contribution in [3.8, 4) is 0 Å². The molecule has 40 heavy (non-hydrogen) atoms. The fourth-order valence-electron chi connectivity index (χ4n) is 5.05. The van der Waals surface area contributed by atoms with Gasteiger partial charge in [-0.15, -0.1) is 0 Å². The fourth-order valence-corrected chi connectivity index (χ4v) is 5.61. The number of unbranched alkanes of at least 4 members (excludes halogenated alkanes) is 7. The lowest BCUT2D eigenvalue weighted by Gasteiger charge is -2.34. The van der Waals surface area contributed by atoms with Crippen molar-refractivity contribution < 1.29 is 17.5 Å². The minimum atomic E-state index is -4.12. The fraction of sp³-hybridized carbons (Fsp3) is 0.657. The van der Waals surface area contributed by atoms with Gasteiger partial charge in [0.05, 0.1) is 36.8 Å². The van der Waals surface area contributed by atoms with Crippen molar-refractivity contribution in [3.05, 3.63) is 71.3 Å². The monoisotopic (exact) mass is 573 g/mol. The molecule has 1 atom stereocenters. The van der Waals surface area contributed by atoms with E-state index >= 15 is 0 Å². The molecule has 1 unspecified atom stereocenters. The van der Waals surface area contributed by atoms with Crippen LogP contribution in [0.25, 0.3) is 0 Å². The molecule has 0 amide bonds. The maximum atomic E-state index is 11.0. The Bertz CT molecular complexity index is 979. The molecule has 0 spiro atoms. The number of likely N-dealkylation sites (N-methyl/N-ethyl adjacent to an activating group) is 1. The highest BCUT2D eigenvalue weighted by Gasteiger charge is 2.19. The molecule has 228 valence electrons. The maximum absolute atomic E-state index is 11.0. The van der Waals surface area contributed by atoms with Gasteiger partial charge in [-0.2, -0.15) is 0 Å². The molecule has 0 heterocycles. The SMILES string of the molecule is C/C(=C\CC/C(C)=C/C[N+](C)(CCCCCCCCCc1ccccc1)CCCCS(=O)(=O)[O-])C/C=C/C(C)C. The molecule has 5 heteroatoms. The van der Waals surface area contributed by atoms with E-state index in [1.54, 1.807) is 0 Å². The number of allylic oxidation sites excluding steroid dienone is 5. The highest BCUT2D eigenvalue weighted by atomic mass is 32.2. The van der Waals surface area contributed by atoms with Crippen LogP contribution >= 0.6 is 0 Å². The Balaban J connectivity index is 2.43. The van der Waals surface area contributed by atoms with Crippen molar-refractivity contribution in [1.29, 1.82) is 0 Å². The highest BCUT2D eigenvalue weighted by Crippen LogP contribution is 2.16. The van der Waals surface area contributed by atoms with Crippen molar-refractivity contribution in [2.24, 2.45) is 5.92 Å². The van der Waals surface area contributed by atoms with Gasteiger partial charge in [-0.05, 0) is 89.2 Å². The molecular weight excluding hydrogens is 514 g/mol. The predicted octanol–water partition coefficient (Wildman–Crippen LogP) is 9.01. The summed E-state index contributed by atoms with van der Waals surface area (Å²) in [4.78, 5) is 0. The third kappa shape index (κ3) is 21.1. The molecule has 0 fully saturated rings. The van der Waals surface area contributed by atoms with E-state index in [1.165, 1.54) is 68.1 Å². The molecular formula is C35H59NO3S. The normalized spacial score (nSPS) is 14.8. The first-order valence-corrected chi connectivity index (χ1v) is 17.4. The van der Waals surface area contributed by atoms with Gasteiger partial charge in [0, 0.05) is 5.75 Å². The van der Waals surface area contributed by atoms with Crippen LogP contribution in [0.3, 0.4) is 0 Å². The predicted molar refractivity (Wildman–Crippen MR) is 172 cm³/mol. The molecule has 0 saturated heterocycles. The zero-order chi connectivity index (χ0) is 29.7. The van der Waals surface area contributed by atoms with Crippen LogP contribution in [0.5, 0.6) is 0 Å². The van der Waals surface area contributed by atoms with Gasteiger partial charge in [0.25, 0.3) is 0 Å². The van der Waals surface area contributed by atoms with Crippen LogP contribution in [0.4, 0.5) is 0 Å². The zero-order valence-corrected chi connectivity index (χ0v) is 27.2. The Morgan fingerprint density at radius 2 is 1.45 bits per heavy atom. The summed E-state index contributed by atoms with van der Waals surface area (Å²) in [5, 5.41) is 0. The molecule has 0 radical (unpaired) electrons. The van der Waals surface area contributed by atoms with Gasteiger partial charge < -0.3 is 9.04 Å². The topological polar surface area (TPSA) is 57.2 Å². The number of aryl methyl sites for hydroxylation is 1. The lowest BCUT2D eigenvalue weighted by atomic mass is 10.0. The van der Waals surface area contributed by atoms with Gasteiger partial charge in [0.15, 0.2) is 0 Å². The number of hydrogen-bond donors (Lipinski definition) is 0. The minimum Gasteiger partial charge on any atom is -0.748 e. The Kier molecular flexibility index (Phi) is 19.1. The number of nitrogens with zero attached hydrogens (tertiary/aromatic N) is 1. The molecule has 1 aromatic rings. The summed E-state index contributed by atoms with van der Waals surface area (Å²) in [6, 6.07) is 10.8. The summed E-state index contributed by atoms with van der Waals surface area (Å²) in [5.41, 5.74) is 4.29. The molecule has 0 aliphatic heterocycles. The van der Waals surface area contributed by atoms with Crippen LogP contribution in [0, 0.1) is 5.92 Å². The minimum absolute atomic E-state index is 0.246. The summed E-state index contributed by atoms with van der Waals surface area (Å²) in [5.74, 6) is 0.356. The van der Waals surface area contributed by atoms with Gasteiger partial charge in [0.1, 0.15) is 0 Å². The summed E-state index contributed by atoms with van der Waals surface area (Å²) in [6.45, 7) is 11.8. The van der Waals surface area contributed by atoms with Crippen LogP contribution in [-0.4, -0.2) is 49.9 Å². The Morgan fingerprint density at radius 1 is 0.850 bits per heavy atom. The first-order chi connectivity index (χ1) is 19.0. The van der Waals surface area contributed by atoms with Crippen molar-refractivity contribution in [2.75, 3.05) is 32.4 Å². The van der Waals surface area contributed by atoms with Crippen LogP contribution in [0.2, 0.25) is 0 Å². The van der Waals surface area contributed by atoms with E-state index in [0.717, 1.165) is 49.8 Å². The molecule has 0 saturated carbocycles. The summed E-state index contributed by atoms with van der Waals surface area (Å²) < 4.78 is 34.0. The van der Waals surface area contributed by atoms with E-state index in [-0.39, 0.29) is 5.75 Å². The summed E-state index contributed by atoms with van der Waals surface area (Å²) in [7, 11) is -1.83. The zero-order valence-electron chi connectivity index (χ0n) is 26.4. The standard InChI is InChI=1S/C35H59NO3S/c1-32(2)20-18-21-33(3)22-19-23-34(4)27-30-36(5,29-16-17-31-40(37,38)39)28-15-10-8-6-7-9-12-24-35-25-13-11-14-26-35/h11,13-14,18,20,22,25-27,32H,6-10,12,15-17,19,21,23-24,28-31H2,1-5H3/b20-18+,33-22+,34-27+. The molecule has 0 aliphatic rings. The lowest BCUT2D eigenvalue weighted by Crippen LogP contribution is -2.45. The number of rotatable bonds is 23. The Hall–Kier alpha value is -1.69. The van der Waals surface area contributed by atoms with Crippen molar-refractivity contribution in [1.82, 2.24) is 0 Å². The maximum Gasteiger partial charge on any atom is 0.0974 e. The van der Waals surface area contributed by atoms with Gasteiger partial charge in [-0.25, -0.2) is 8.42 Å². The average Bonchev–Trinajstić information content (AvgIpc) is 2.89. The first-order valence-electron chi connectivity index (χ1n) is 15.8. The van der Waals surface area contributed by atoms with Crippen LogP contribution in [-0.2, 0) is 16.5 Å². The van der Waals surface area contributed by atoms with Crippen molar-refractivity contribution in [3.63, 3.8) is 0 Å². The second-order valence-electron chi connectivity index (χ2n) is 12.4. The lowest BCUT2D eigenvalue weighted by molar-refractivity contribution is -0.904. The van der Waals surface area contributed by atoms with Gasteiger partial charge in [-0.1, -0.05) is 99.2 Å². The number of hydrogen-bond acceptors (Lipinski definition) is 3. The van der Waals surface area contributed by atoms with E-state index in [4.69, 9.17) is 0 Å². The second kappa shape index (κ2) is 21.1. The smallest absolute Gasteiger partial charge is 0.0974 e. The number of quaternary nitrogens is 1. The average molecular weight is 574 g/mol. The summed E-state index contributed by atoms with van der Waals surface area (Å²) >= 11 is 0. The van der Waals surface area contributed by atoms with Gasteiger partial charge >= 0.3 is 0 Å². The quantitative estimate of drug-likeness (QED) is 0.0568. The van der Waals surface area contributed by atoms with Gasteiger partial charge in [-0.3, -0.25) is 0 Å². The van der Waals surface area contributed by atoms with Crippen LogP contribution in [0.1, 0.15) is 110 Å². The third-order valence-electron chi connectivity index (χ3n) is 7.72. The third-order valence-corrected chi connectivity index (χ3v) is 8.51. The van der Waals surface area contributed by atoms with E-state index < -0.39 is 10.1 Å². The van der Waals surface area contributed by atoms with E-state index in [2.05, 4.69) is 89.4 Å². The first kappa shape index (κ1) is 36.3. The Morgan fingerprint density at radius 3 is 2.08 bits per heavy atom. The second-order valence-corrected chi connectivity index (χ2v) is 14.0. The Labute approximate surface area is 248 Å². The molecule has 0 aromatic heterocycles. The van der Waals surface area contributed by atoms with Crippen molar-refractivity contribution in [2.45, 2.75) is 111 Å². The van der Waals surface area contributed by atoms with Crippen LogP contribution in [0.15, 0.2) is 65.8 Å². The molecule has 4 nitrogen and oxygen atoms in total. The van der Waals surface area contributed by atoms with Crippen molar-refractivity contribution >= 4 is 10.1 Å². The molecule has 0 aliphatic carbocycles. The molecule has 0 bridgehead atoms. The largest absolute Gasteiger partial charge is 0.748 e. The molecule has 1 rings (SSSR count). The molecule has 0 N–H and O–H groups in total. The van der Waals surface area contributed by atoms with Gasteiger partial charge in [0.2, 0.25) is 0 Å². The van der Waals surface area contributed by atoms with Crippen LogP contribution < -0.4 is 0 Å². The van der Waals surface area contributed by atoms with E-state index in [1.807, 2.05) is 0 Å². The summed E-state index contributed by atoms with van der Waals surface area (Å²) in [6.07, 6.45) is 23.8.